The van der Waals surface area contributed by atoms with Crippen molar-refractivity contribution < 1.29 is 37.8 Å². The molecule has 12 nitrogen and oxygen atoms in total. The van der Waals surface area contributed by atoms with Crippen molar-refractivity contribution in [1.82, 2.24) is 10.3 Å². The van der Waals surface area contributed by atoms with E-state index in [9.17, 15) is 19.2 Å². The van der Waals surface area contributed by atoms with E-state index in [2.05, 4.69) is 15.6 Å². The van der Waals surface area contributed by atoms with Crippen LogP contribution in [0.3, 0.4) is 0 Å². The van der Waals surface area contributed by atoms with E-state index < -0.39 is 47.8 Å². The minimum absolute atomic E-state index is 0.0120. The van der Waals surface area contributed by atoms with Gasteiger partial charge in [-0.1, -0.05) is 20.8 Å². The molecule has 13 heteroatoms. The number of anilines is 1. The van der Waals surface area contributed by atoms with Crippen LogP contribution in [0.15, 0.2) is 30.5 Å². The van der Waals surface area contributed by atoms with Gasteiger partial charge in [0.15, 0.2) is 11.5 Å². The van der Waals surface area contributed by atoms with E-state index in [0.29, 0.717) is 12.0 Å². The Morgan fingerprint density at radius 2 is 1.90 bits per heavy atom. The summed E-state index contributed by atoms with van der Waals surface area (Å²) >= 11 is 0. The predicted octanol–water partition coefficient (Wildman–Crippen LogP) is 3.40. The summed E-state index contributed by atoms with van der Waals surface area (Å²) in [5, 5.41) is 14.1. The fourth-order valence-corrected chi connectivity index (χ4v) is 3.72. The zero-order valence-electron chi connectivity index (χ0n) is 22.2. The highest BCUT2D eigenvalue weighted by molar-refractivity contribution is 5.99. The number of carbonyl (C=O) groups excluding carboxylic acids is 4. The molecule has 3 atom stereocenters. The van der Waals surface area contributed by atoms with Gasteiger partial charge in [0, 0.05) is 30.1 Å². The van der Waals surface area contributed by atoms with Crippen LogP contribution >= 0.6 is 0 Å². The summed E-state index contributed by atoms with van der Waals surface area (Å²) in [6.07, 6.45) is 0.450. The molecule has 0 radical (unpaired) electrons. The highest BCUT2D eigenvalue weighted by atomic mass is 19.1. The molecule has 1 aliphatic rings. The lowest BCUT2D eigenvalue weighted by atomic mass is 10.00. The maximum absolute atomic E-state index is 15.0. The number of esters is 1. The molecule has 0 bridgehead atoms. The fraction of sp³-hybridized carbons (Fsp3) is 0.407. The number of hydrogen-bond acceptors (Lipinski definition) is 10. The second-order valence-corrected chi connectivity index (χ2v) is 9.34. The van der Waals surface area contributed by atoms with Gasteiger partial charge in [0.05, 0.1) is 11.1 Å². The van der Waals surface area contributed by atoms with Gasteiger partial charge in [-0.3, -0.25) is 14.9 Å². The highest BCUT2D eigenvalue weighted by Gasteiger charge is 2.44. The Balaban J connectivity index is 1.66. The largest absolute Gasteiger partial charge is 0.514 e. The van der Waals surface area contributed by atoms with E-state index in [1.54, 1.807) is 20.8 Å². The van der Waals surface area contributed by atoms with E-state index in [-0.39, 0.29) is 48.2 Å². The van der Waals surface area contributed by atoms with E-state index in [1.807, 2.05) is 6.07 Å². The lowest BCUT2D eigenvalue weighted by Gasteiger charge is -2.16. The quantitative estimate of drug-likeness (QED) is 0.161. The zero-order chi connectivity index (χ0) is 29.4. The van der Waals surface area contributed by atoms with Crippen LogP contribution < -0.4 is 21.1 Å². The van der Waals surface area contributed by atoms with Crippen LogP contribution in [0.2, 0.25) is 0 Å². The standard InChI is InChI=1S/C27H30FN5O7/c1-4-20(34)16-6-7-18(28)22(24(16)40-27(37)39-10-9-38-25(35)23(30)14(2)3)17-11-19(17)32-26(36)33-21-8-5-15(12-29)13-31-21/h5-8,13-14,17,19,23H,4,9-11,30H2,1-3H3,(H2,31,32,33,36)/t17-,19+,23?/m1/s1. The molecule has 1 unspecified atom stereocenters. The summed E-state index contributed by atoms with van der Waals surface area (Å²) in [5.41, 5.74) is 5.97. The molecule has 1 aliphatic carbocycles. The molecule has 1 saturated carbocycles. The van der Waals surface area contributed by atoms with Gasteiger partial charge in [-0.15, -0.1) is 0 Å². The van der Waals surface area contributed by atoms with Crippen LogP contribution in [0, 0.1) is 23.1 Å². The summed E-state index contributed by atoms with van der Waals surface area (Å²) in [7, 11) is 0. The van der Waals surface area contributed by atoms with Crippen LogP contribution in [0.25, 0.3) is 0 Å². The number of Topliss-reactive ketones (excluding diaryl/α,β-unsaturated/α-hetero) is 1. The van der Waals surface area contributed by atoms with Crippen molar-refractivity contribution in [3.63, 3.8) is 0 Å². The molecule has 0 saturated heterocycles. The molecule has 1 aromatic carbocycles. The van der Waals surface area contributed by atoms with Crippen LogP contribution in [0.1, 0.15) is 61.0 Å². The number of rotatable bonds is 11. The van der Waals surface area contributed by atoms with Crippen molar-refractivity contribution in [2.75, 3.05) is 18.5 Å². The van der Waals surface area contributed by atoms with E-state index >= 15 is 4.39 Å². The second kappa shape index (κ2) is 13.5. The number of nitrogens with zero attached hydrogens (tertiary/aromatic N) is 2. The average Bonchev–Trinajstić information content (AvgIpc) is 3.68. The summed E-state index contributed by atoms with van der Waals surface area (Å²) in [6, 6.07) is 5.22. The number of hydrogen-bond donors (Lipinski definition) is 3. The van der Waals surface area contributed by atoms with E-state index in [4.69, 9.17) is 25.2 Å². The number of nitrogens with one attached hydrogen (secondary N) is 2. The number of halogens is 1. The number of nitriles is 1. The fourth-order valence-electron chi connectivity index (χ4n) is 3.72. The van der Waals surface area contributed by atoms with Crippen molar-refractivity contribution in [2.24, 2.45) is 11.7 Å². The Bertz CT molecular complexity index is 1310. The van der Waals surface area contributed by atoms with Gasteiger partial charge in [0.25, 0.3) is 0 Å². The third-order valence-electron chi connectivity index (χ3n) is 6.10. The van der Waals surface area contributed by atoms with Crippen LogP contribution in [0.5, 0.6) is 5.75 Å². The Hall–Kier alpha value is -4.57. The molecule has 0 spiro atoms. The summed E-state index contributed by atoms with van der Waals surface area (Å²) in [4.78, 5) is 53.2. The number of pyridine rings is 1. The summed E-state index contributed by atoms with van der Waals surface area (Å²) in [6.45, 7) is 4.49. The van der Waals surface area contributed by atoms with Crippen molar-refractivity contribution in [1.29, 1.82) is 5.26 Å². The number of benzene rings is 1. The molecule has 0 aliphatic heterocycles. The Kier molecular flexibility index (Phi) is 10.1. The first-order valence-corrected chi connectivity index (χ1v) is 12.6. The molecule has 4 N–H and O–H groups in total. The monoisotopic (exact) mass is 555 g/mol. The average molecular weight is 556 g/mol. The lowest BCUT2D eigenvalue weighted by Crippen LogP contribution is -2.37. The molecule has 2 amide bonds. The first kappa shape index (κ1) is 30.0. The van der Waals surface area contributed by atoms with Gasteiger partial charge in [0.2, 0.25) is 0 Å². The Morgan fingerprint density at radius 3 is 2.52 bits per heavy atom. The molecule has 40 heavy (non-hydrogen) atoms. The molecule has 1 aromatic heterocycles. The van der Waals surface area contributed by atoms with Crippen LogP contribution in [-0.4, -0.2) is 54.2 Å². The molecule has 2 aromatic rings. The number of amides is 2. The lowest BCUT2D eigenvalue weighted by molar-refractivity contribution is -0.147. The zero-order valence-corrected chi connectivity index (χ0v) is 22.2. The predicted molar refractivity (Wildman–Crippen MR) is 139 cm³/mol. The SMILES string of the molecule is CCC(=O)c1ccc(F)c([C@@H]2C[C@@H]2NC(=O)Nc2ccc(C#N)cn2)c1OC(=O)OCCOC(=O)C(N)C(C)C. The smallest absolute Gasteiger partial charge is 0.461 e. The van der Waals surface area contributed by atoms with Gasteiger partial charge in [-0.25, -0.2) is 19.0 Å². The highest BCUT2D eigenvalue weighted by Crippen LogP contribution is 2.47. The van der Waals surface area contributed by atoms with E-state index in [1.165, 1.54) is 24.4 Å². The molecular weight excluding hydrogens is 525 g/mol. The molecule has 1 fully saturated rings. The summed E-state index contributed by atoms with van der Waals surface area (Å²) < 4.78 is 30.2. The first-order valence-electron chi connectivity index (χ1n) is 12.6. The van der Waals surface area contributed by atoms with Crippen molar-refractivity contribution in [2.45, 2.75) is 51.6 Å². The number of carbonyl (C=O) groups is 4. The van der Waals surface area contributed by atoms with Gasteiger partial charge in [-0.2, -0.15) is 5.26 Å². The molecular formula is C27H30FN5O7. The minimum atomic E-state index is -1.23. The van der Waals surface area contributed by atoms with Crippen molar-refractivity contribution in [3.05, 3.63) is 53.0 Å². The Labute approximate surface area is 230 Å². The second-order valence-electron chi connectivity index (χ2n) is 9.34. The van der Waals surface area contributed by atoms with Crippen LogP contribution in [-0.2, 0) is 14.3 Å². The Morgan fingerprint density at radius 1 is 1.18 bits per heavy atom. The third-order valence-corrected chi connectivity index (χ3v) is 6.10. The van der Waals surface area contributed by atoms with Crippen molar-refractivity contribution >= 4 is 29.8 Å². The number of aromatic nitrogens is 1. The number of ether oxygens (including phenoxy) is 3. The first-order chi connectivity index (χ1) is 19.0. The normalized spacial score (nSPS) is 16.3. The number of ketones is 1. The molecule has 1 heterocycles. The van der Waals surface area contributed by atoms with Gasteiger partial charge in [-0.05, 0) is 36.6 Å². The van der Waals surface area contributed by atoms with E-state index in [0.717, 1.165) is 6.07 Å². The third kappa shape index (κ3) is 7.73. The molecule has 212 valence electrons. The van der Waals surface area contributed by atoms with Gasteiger partial charge < -0.3 is 25.3 Å². The number of nitrogens with two attached hydrogens (primary N) is 1. The summed E-state index contributed by atoms with van der Waals surface area (Å²) in [5.74, 6) is -2.59. The maximum atomic E-state index is 15.0. The topological polar surface area (TPSA) is 183 Å². The van der Waals surface area contributed by atoms with Gasteiger partial charge in [0.1, 0.15) is 37.0 Å². The number of urea groups is 1. The van der Waals surface area contributed by atoms with Crippen LogP contribution in [0.4, 0.5) is 19.8 Å². The maximum Gasteiger partial charge on any atom is 0.514 e. The molecule has 3 rings (SSSR count). The minimum Gasteiger partial charge on any atom is -0.461 e. The van der Waals surface area contributed by atoms with Crippen molar-refractivity contribution in [3.8, 4) is 11.8 Å². The van der Waals surface area contributed by atoms with Gasteiger partial charge >= 0.3 is 18.2 Å².